The first kappa shape index (κ1) is 13.4. The van der Waals surface area contributed by atoms with E-state index in [1.165, 1.54) is 0 Å². The maximum absolute atomic E-state index is 5.81. The lowest BCUT2D eigenvalue weighted by Crippen LogP contribution is -2.04. The predicted octanol–water partition coefficient (Wildman–Crippen LogP) is 2.14. The van der Waals surface area contributed by atoms with Gasteiger partial charge >= 0.3 is 0 Å². The Balaban J connectivity index is 1.93. The van der Waals surface area contributed by atoms with E-state index in [4.69, 9.17) is 10.5 Å². The van der Waals surface area contributed by atoms with Crippen LogP contribution in [0, 0.1) is 0 Å². The fourth-order valence-corrected chi connectivity index (χ4v) is 1.92. The minimum absolute atomic E-state index is 0.372. The van der Waals surface area contributed by atoms with Crippen LogP contribution in [0.3, 0.4) is 0 Å². The summed E-state index contributed by atoms with van der Waals surface area (Å²) in [6.45, 7) is 4.74. The Kier molecular flexibility index (Phi) is 4.04. The second-order valence-electron chi connectivity index (χ2n) is 4.80. The van der Waals surface area contributed by atoms with Gasteiger partial charge in [-0.3, -0.25) is 4.68 Å². The average molecular weight is 260 g/mol. The normalized spacial score (nSPS) is 10.9. The van der Waals surface area contributed by atoms with Crippen LogP contribution >= 0.6 is 0 Å². The Morgan fingerprint density at radius 1 is 1.32 bits per heavy atom. The number of ether oxygens (including phenoxy) is 1. The molecule has 0 amide bonds. The third-order valence-corrected chi connectivity index (χ3v) is 2.86. The van der Waals surface area contributed by atoms with Crippen molar-refractivity contribution in [3.63, 3.8) is 0 Å². The number of nitrogens with zero attached hydrogens (tertiary/aromatic N) is 3. The molecule has 0 spiro atoms. The fraction of sp³-hybridized carbons (Fsp3) is 0.429. The van der Waals surface area contributed by atoms with Crippen molar-refractivity contribution in [1.29, 1.82) is 0 Å². The number of benzene rings is 1. The standard InChI is InChI=1S/C14H20N4O/c1-10(2)14-16-13(17-18(14)3)8-9-19-12-7-5-4-6-11(12)15/h4-7,10H,8-9,15H2,1-3H3. The number of aryl methyl sites for hydroxylation is 1. The summed E-state index contributed by atoms with van der Waals surface area (Å²) in [5.74, 6) is 2.88. The van der Waals surface area contributed by atoms with Gasteiger partial charge in [0, 0.05) is 19.4 Å². The molecule has 2 N–H and O–H groups in total. The van der Waals surface area contributed by atoms with E-state index in [2.05, 4.69) is 23.9 Å². The predicted molar refractivity (Wildman–Crippen MR) is 75.1 cm³/mol. The number of rotatable bonds is 5. The summed E-state index contributed by atoms with van der Waals surface area (Å²) in [4.78, 5) is 4.50. The summed E-state index contributed by atoms with van der Waals surface area (Å²) in [6.07, 6.45) is 0.675. The van der Waals surface area contributed by atoms with Gasteiger partial charge in [0.2, 0.25) is 0 Å². The summed E-state index contributed by atoms with van der Waals surface area (Å²) < 4.78 is 7.47. The second-order valence-corrected chi connectivity index (χ2v) is 4.80. The zero-order valence-electron chi connectivity index (χ0n) is 11.6. The Bertz CT molecular complexity index is 548. The van der Waals surface area contributed by atoms with Crippen LogP contribution < -0.4 is 10.5 Å². The van der Waals surface area contributed by atoms with Crippen LogP contribution in [-0.4, -0.2) is 21.4 Å². The van der Waals surface area contributed by atoms with Crippen molar-refractivity contribution in [3.05, 3.63) is 35.9 Å². The number of anilines is 1. The van der Waals surface area contributed by atoms with Gasteiger partial charge in [-0.05, 0) is 12.1 Å². The summed E-state index contributed by atoms with van der Waals surface area (Å²) in [6, 6.07) is 7.48. The number of nitrogens with two attached hydrogens (primary N) is 1. The van der Waals surface area contributed by atoms with Crippen LogP contribution in [0.25, 0.3) is 0 Å². The molecule has 1 aromatic heterocycles. The SMILES string of the molecule is CC(C)c1nc(CCOc2ccccc2N)nn1C. The first-order valence-corrected chi connectivity index (χ1v) is 6.45. The molecule has 0 bridgehead atoms. The van der Waals surface area contributed by atoms with Crippen LogP contribution in [0.4, 0.5) is 5.69 Å². The zero-order chi connectivity index (χ0) is 13.8. The zero-order valence-corrected chi connectivity index (χ0v) is 11.6. The van der Waals surface area contributed by atoms with Gasteiger partial charge in [-0.15, -0.1) is 0 Å². The lowest BCUT2D eigenvalue weighted by Gasteiger charge is -2.06. The number of nitrogen functional groups attached to an aromatic ring is 1. The molecule has 0 saturated carbocycles. The molecule has 5 nitrogen and oxygen atoms in total. The molecule has 0 fully saturated rings. The number of hydrogen-bond donors (Lipinski definition) is 1. The molecule has 0 aliphatic heterocycles. The van der Waals surface area contributed by atoms with E-state index in [0.717, 1.165) is 11.6 Å². The Morgan fingerprint density at radius 3 is 2.68 bits per heavy atom. The first-order valence-electron chi connectivity index (χ1n) is 6.45. The van der Waals surface area contributed by atoms with E-state index >= 15 is 0 Å². The van der Waals surface area contributed by atoms with Crippen molar-refractivity contribution in [2.24, 2.45) is 7.05 Å². The van der Waals surface area contributed by atoms with Gasteiger partial charge in [0.05, 0.1) is 12.3 Å². The quantitative estimate of drug-likeness (QED) is 0.836. The van der Waals surface area contributed by atoms with Crippen molar-refractivity contribution in [2.45, 2.75) is 26.2 Å². The van der Waals surface area contributed by atoms with Crippen LogP contribution in [0.5, 0.6) is 5.75 Å². The lowest BCUT2D eigenvalue weighted by atomic mass is 10.2. The van der Waals surface area contributed by atoms with E-state index in [9.17, 15) is 0 Å². The summed E-state index contributed by atoms with van der Waals surface area (Å²) >= 11 is 0. The van der Waals surface area contributed by atoms with Crippen LogP contribution in [0.1, 0.15) is 31.4 Å². The van der Waals surface area contributed by atoms with Gasteiger partial charge in [0.1, 0.15) is 11.6 Å². The van der Waals surface area contributed by atoms with Crippen molar-refractivity contribution in [2.75, 3.05) is 12.3 Å². The molecule has 102 valence electrons. The molecule has 0 aliphatic carbocycles. The minimum atomic E-state index is 0.372. The molecule has 1 heterocycles. The van der Waals surface area contributed by atoms with Crippen LogP contribution in [0.2, 0.25) is 0 Å². The molecule has 0 radical (unpaired) electrons. The lowest BCUT2D eigenvalue weighted by molar-refractivity contribution is 0.320. The van der Waals surface area contributed by atoms with E-state index < -0.39 is 0 Å². The molecule has 0 atom stereocenters. The highest BCUT2D eigenvalue weighted by Crippen LogP contribution is 2.19. The molecule has 2 rings (SSSR count). The number of aromatic nitrogens is 3. The minimum Gasteiger partial charge on any atom is -0.491 e. The maximum atomic E-state index is 5.81. The van der Waals surface area contributed by atoms with Gasteiger partial charge in [-0.2, -0.15) is 5.10 Å². The number of hydrogen-bond acceptors (Lipinski definition) is 4. The highest BCUT2D eigenvalue weighted by molar-refractivity contribution is 5.51. The maximum Gasteiger partial charge on any atom is 0.154 e. The molecular weight excluding hydrogens is 240 g/mol. The molecular formula is C14H20N4O. The van der Waals surface area contributed by atoms with Crippen molar-refractivity contribution < 1.29 is 4.74 Å². The van der Waals surface area contributed by atoms with Gasteiger partial charge in [0.15, 0.2) is 5.82 Å². The molecule has 19 heavy (non-hydrogen) atoms. The summed E-state index contributed by atoms with van der Waals surface area (Å²) in [7, 11) is 1.92. The average Bonchev–Trinajstić information content (AvgIpc) is 2.73. The van der Waals surface area contributed by atoms with E-state index in [-0.39, 0.29) is 0 Å². The van der Waals surface area contributed by atoms with Gasteiger partial charge < -0.3 is 10.5 Å². The topological polar surface area (TPSA) is 66.0 Å². The fourth-order valence-electron chi connectivity index (χ4n) is 1.92. The molecule has 0 saturated heterocycles. The van der Waals surface area contributed by atoms with Crippen LogP contribution in [0.15, 0.2) is 24.3 Å². The highest BCUT2D eigenvalue weighted by Gasteiger charge is 2.10. The van der Waals surface area contributed by atoms with E-state index in [1.807, 2.05) is 36.0 Å². The van der Waals surface area contributed by atoms with E-state index in [1.54, 1.807) is 0 Å². The molecule has 2 aromatic rings. The molecule has 5 heteroatoms. The first-order chi connectivity index (χ1) is 9.08. The van der Waals surface area contributed by atoms with Gasteiger partial charge in [-0.25, -0.2) is 4.98 Å². The van der Waals surface area contributed by atoms with Crippen molar-refractivity contribution >= 4 is 5.69 Å². The van der Waals surface area contributed by atoms with Crippen LogP contribution in [-0.2, 0) is 13.5 Å². The molecule has 0 unspecified atom stereocenters. The Hall–Kier alpha value is -2.04. The van der Waals surface area contributed by atoms with E-state index in [0.29, 0.717) is 30.4 Å². The Labute approximate surface area is 113 Å². The number of para-hydroxylation sites is 2. The molecule has 1 aromatic carbocycles. The van der Waals surface area contributed by atoms with Crippen molar-refractivity contribution in [3.8, 4) is 5.75 Å². The smallest absolute Gasteiger partial charge is 0.154 e. The monoisotopic (exact) mass is 260 g/mol. The largest absolute Gasteiger partial charge is 0.491 e. The third kappa shape index (κ3) is 3.24. The van der Waals surface area contributed by atoms with Crippen molar-refractivity contribution in [1.82, 2.24) is 14.8 Å². The van der Waals surface area contributed by atoms with Gasteiger partial charge in [0.25, 0.3) is 0 Å². The third-order valence-electron chi connectivity index (χ3n) is 2.86. The van der Waals surface area contributed by atoms with Gasteiger partial charge in [-0.1, -0.05) is 26.0 Å². The molecule has 0 aliphatic rings. The second kappa shape index (κ2) is 5.73. The summed E-state index contributed by atoms with van der Waals surface area (Å²) in [5, 5.41) is 4.38. The Morgan fingerprint density at radius 2 is 2.05 bits per heavy atom. The summed E-state index contributed by atoms with van der Waals surface area (Å²) in [5.41, 5.74) is 6.46. The highest BCUT2D eigenvalue weighted by atomic mass is 16.5.